The average Bonchev–Trinajstić information content (AvgIpc) is 3.19. The second-order valence-electron chi connectivity index (χ2n) is 6.45. The van der Waals surface area contributed by atoms with Crippen LogP contribution in [0.2, 0.25) is 0 Å². The number of hydrogen-bond acceptors (Lipinski definition) is 4. The van der Waals surface area contributed by atoms with Crippen molar-refractivity contribution in [1.29, 1.82) is 0 Å². The third-order valence-corrected chi connectivity index (χ3v) is 5.47. The van der Waals surface area contributed by atoms with Crippen molar-refractivity contribution in [1.82, 2.24) is 10.3 Å². The highest BCUT2D eigenvalue weighted by Gasteiger charge is 2.12. The number of hydrogen-bond donors (Lipinski definition) is 2. The maximum Gasteiger partial charge on any atom is 0.251 e. The molecule has 0 atom stereocenters. The summed E-state index contributed by atoms with van der Waals surface area (Å²) in [6.07, 6.45) is 0.187. The van der Waals surface area contributed by atoms with Crippen LogP contribution in [0, 0.1) is 0 Å². The molecule has 2 N–H and O–H groups in total. The minimum atomic E-state index is -0.187. The largest absolute Gasteiger partial charge is 0.352 e. The van der Waals surface area contributed by atoms with Crippen LogP contribution in [0.1, 0.15) is 16.8 Å². The molecule has 2 amide bonds. The Morgan fingerprint density at radius 3 is 2.41 bits per heavy atom. The number of benzene rings is 3. The molecule has 0 fully saturated rings. The van der Waals surface area contributed by atoms with Gasteiger partial charge in [0, 0.05) is 24.1 Å². The van der Waals surface area contributed by atoms with Gasteiger partial charge in [0.15, 0.2) is 0 Å². The van der Waals surface area contributed by atoms with Gasteiger partial charge in [0.05, 0.1) is 15.9 Å². The minimum absolute atomic E-state index is 0.160. The number of rotatable bonds is 6. The normalized spacial score (nSPS) is 10.6. The van der Waals surface area contributed by atoms with Crippen molar-refractivity contribution < 1.29 is 9.59 Å². The van der Waals surface area contributed by atoms with E-state index < -0.39 is 0 Å². The lowest BCUT2D eigenvalue weighted by Crippen LogP contribution is -2.27. The molecule has 1 heterocycles. The Morgan fingerprint density at radius 1 is 0.862 bits per heavy atom. The van der Waals surface area contributed by atoms with Gasteiger partial charge < -0.3 is 10.6 Å². The minimum Gasteiger partial charge on any atom is -0.352 e. The van der Waals surface area contributed by atoms with E-state index in [1.807, 2.05) is 54.6 Å². The number of para-hydroxylation sites is 2. The predicted molar refractivity (Wildman–Crippen MR) is 117 cm³/mol. The third kappa shape index (κ3) is 4.50. The van der Waals surface area contributed by atoms with E-state index in [2.05, 4.69) is 15.6 Å². The van der Waals surface area contributed by atoms with Crippen LogP contribution in [0.25, 0.3) is 20.8 Å². The predicted octanol–water partition coefficient (Wildman–Crippen LogP) is 4.72. The Hall–Kier alpha value is -3.51. The van der Waals surface area contributed by atoms with Crippen LogP contribution in [0.3, 0.4) is 0 Å². The fraction of sp³-hybridized carbons (Fsp3) is 0.0870. The number of fused-ring (bicyclic) bond motifs is 1. The molecule has 5 nitrogen and oxygen atoms in total. The molecule has 0 spiro atoms. The molecule has 0 saturated carbocycles. The fourth-order valence-corrected chi connectivity index (χ4v) is 3.96. The van der Waals surface area contributed by atoms with Gasteiger partial charge in [-0.15, -0.1) is 11.3 Å². The van der Waals surface area contributed by atoms with Crippen molar-refractivity contribution in [3.05, 3.63) is 84.4 Å². The summed E-state index contributed by atoms with van der Waals surface area (Å²) in [5, 5.41) is 6.57. The molecule has 6 heteroatoms. The first-order chi connectivity index (χ1) is 14.2. The van der Waals surface area contributed by atoms with Crippen LogP contribution in [0.4, 0.5) is 5.69 Å². The van der Waals surface area contributed by atoms with Gasteiger partial charge in [0.25, 0.3) is 5.91 Å². The van der Waals surface area contributed by atoms with E-state index in [9.17, 15) is 9.59 Å². The van der Waals surface area contributed by atoms with Crippen LogP contribution >= 0.6 is 11.3 Å². The molecular formula is C23H19N3O2S. The molecule has 1 aromatic heterocycles. The van der Waals surface area contributed by atoms with E-state index in [-0.39, 0.29) is 24.8 Å². The van der Waals surface area contributed by atoms with Gasteiger partial charge >= 0.3 is 0 Å². The van der Waals surface area contributed by atoms with Crippen molar-refractivity contribution in [3.63, 3.8) is 0 Å². The van der Waals surface area contributed by atoms with Gasteiger partial charge in [-0.1, -0.05) is 42.5 Å². The fourth-order valence-electron chi connectivity index (χ4n) is 2.96. The highest BCUT2D eigenvalue weighted by molar-refractivity contribution is 7.21. The summed E-state index contributed by atoms with van der Waals surface area (Å²) in [6, 6.07) is 24.5. The monoisotopic (exact) mass is 401 g/mol. The Kier molecular flexibility index (Phi) is 5.63. The molecule has 0 radical (unpaired) electrons. The van der Waals surface area contributed by atoms with Crippen LogP contribution in [0.15, 0.2) is 78.9 Å². The first kappa shape index (κ1) is 18.8. The molecule has 0 unspecified atom stereocenters. The summed E-state index contributed by atoms with van der Waals surface area (Å²) < 4.78 is 1.10. The lowest BCUT2D eigenvalue weighted by Gasteiger charge is -2.10. The SMILES string of the molecule is O=C(CCNC(=O)c1ccccc1)Nc1ccccc1-c1nc2ccccc2s1. The van der Waals surface area contributed by atoms with Gasteiger partial charge in [0.1, 0.15) is 5.01 Å². The van der Waals surface area contributed by atoms with Gasteiger partial charge in [0.2, 0.25) is 5.91 Å². The van der Waals surface area contributed by atoms with E-state index >= 15 is 0 Å². The van der Waals surface area contributed by atoms with Crippen molar-refractivity contribution >= 4 is 39.1 Å². The quantitative estimate of drug-likeness (QED) is 0.491. The van der Waals surface area contributed by atoms with Gasteiger partial charge in [-0.05, 0) is 36.4 Å². The Balaban J connectivity index is 1.40. The van der Waals surface area contributed by atoms with Crippen LogP contribution in [0.5, 0.6) is 0 Å². The zero-order valence-electron chi connectivity index (χ0n) is 15.6. The van der Waals surface area contributed by atoms with E-state index in [0.717, 1.165) is 20.8 Å². The summed E-state index contributed by atoms with van der Waals surface area (Å²) in [7, 11) is 0. The second-order valence-corrected chi connectivity index (χ2v) is 7.48. The molecule has 29 heavy (non-hydrogen) atoms. The summed E-state index contributed by atoms with van der Waals surface area (Å²) >= 11 is 1.59. The summed E-state index contributed by atoms with van der Waals surface area (Å²) in [5.74, 6) is -0.347. The zero-order valence-corrected chi connectivity index (χ0v) is 16.4. The van der Waals surface area contributed by atoms with Crippen LogP contribution in [-0.2, 0) is 4.79 Å². The average molecular weight is 401 g/mol. The standard InChI is InChI=1S/C23H19N3O2S/c27-21(14-15-24-22(28)16-8-2-1-3-9-16)25-18-11-5-4-10-17(18)23-26-19-12-6-7-13-20(19)29-23/h1-13H,14-15H2,(H,24,28)(H,25,27). The number of anilines is 1. The van der Waals surface area contributed by atoms with Crippen LogP contribution in [-0.4, -0.2) is 23.3 Å². The molecule has 0 aliphatic rings. The van der Waals surface area contributed by atoms with Crippen molar-refractivity contribution in [2.45, 2.75) is 6.42 Å². The zero-order chi connectivity index (χ0) is 20.1. The van der Waals surface area contributed by atoms with Crippen LogP contribution < -0.4 is 10.6 Å². The molecule has 4 rings (SSSR count). The van der Waals surface area contributed by atoms with Crippen molar-refractivity contribution in [3.8, 4) is 10.6 Å². The molecule has 4 aromatic rings. The third-order valence-electron chi connectivity index (χ3n) is 4.40. The lowest BCUT2D eigenvalue weighted by molar-refractivity contribution is -0.116. The molecule has 0 saturated heterocycles. The molecule has 0 aliphatic carbocycles. The number of carbonyl (C=O) groups excluding carboxylic acids is 2. The number of amides is 2. The summed E-state index contributed by atoms with van der Waals surface area (Å²) in [6.45, 7) is 0.267. The van der Waals surface area contributed by atoms with Gasteiger partial charge in [-0.3, -0.25) is 9.59 Å². The topological polar surface area (TPSA) is 71.1 Å². The maximum absolute atomic E-state index is 12.4. The number of nitrogens with one attached hydrogen (secondary N) is 2. The Bertz CT molecular complexity index is 1120. The van der Waals surface area contributed by atoms with Crippen molar-refractivity contribution in [2.24, 2.45) is 0 Å². The number of nitrogens with zero attached hydrogens (tertiary/aromatic N) is 1. The van der Waals surface area contributed by atoms with Gasteiger partial charge in [-0.25, -0.2) is 4.98 Å². The molecule has 3 aromatic carbocycles. The highest BCUT2D eigenvalue weighted by Crippen LogP contribution is 2.34. The van der Waals surface area contributed by atoms with E-state index in [1.165, 1.54) is 0 Å². The molecule has 0 bridgehead atoms. The summed E-state index contributed by atoms with van der Waals surface area (Å²) in [4.78, 5) is 29.1. The molecule has 0 aliphatic heterocycles. The second kappa shape index (κ2) is 8.67. The molecular weight excluding hydrogens is 382 g/mol. The van der Waals surface area contributed by atoms with E-state index in [0.29, 0.717) is 11.3 Å². The number of aromatic nitrogens is 1. The maximum atomic E-state index is 12.4. The van der Waals surface area contributed by atoms with Gasteiger partial charge in [-0.2, -0.15) is 0 Å². The lowest BCUT2D eigenvalue weighted by atomic mass is 10.2. The Morgan fingerprint density at radius 2 is 1.59 bits per heavy atom. The first-order valence-electron chi connectivity index (χ1n) is 9.29. The first-order valence-corrected chi connectivity index (χ1v) is 10.1. The van der Waals surface area contributed by atoms with E-state index in [4.69, 9.17) is 0 Å². The molecule has 144 valence electrons. The highest BCUT2D eigenvalue weighted by atomic mass is 32.1. The number of thiazole rings is 1. The van der Waals surface area contributed by atoms with Crippen molar-refractivity contribution in [2.75, 3.05) is 11.9 Å². The number of carbonyl (C=O) groups is 2. The van der Waals surface area contributed by atoms with E-state index in [1.54, 1.807) is 35.6 Å². The Labute approximate surface area is 172 Å². The smallest absolute Gasteiger partial charge is 0.251 e. The summed E-state index contributed by atoms with van der Waals surface area (Å²) in [5.41, 5.74) is 3.12.